The van der Waals surface area contributed by atoms with Crippen LogP contribution in [-0.2, 0) is 9.53 Å². The van der Waals surface area contributed by atoms with E-state index in [1.165, 1.54) is 4.90 Å². The number of ether oxygens (including phenoxy) is 1. The summed E-state index contributed by atoms with van der Waals surface area (Å²) in [4.78, 5) is 24.7. The topological polar surface area (TPSA) is 66.8 Å². The molecule has 2 rings (SSSR count). The van der Waals surface area contributed by atoms with Crippen LogP contribution in [0.25, 0.3) is 0 Å². The van der Waals surface area contributed by atoms with Gasteiger partial charge in [0.25, 0.3) is 5.91 Å². The summed E-state index contributed by atoms with van der Waals surface area (Å²) in [6, 6.07) is 6.20. The number of nitrogens with zero attached hydrogens (tertiary/aromatic N) is 1. The highest BCUT2D eigenvalue weighted by Crippen LogP contribution is 2.15. The number of morpholine rings is 1. The second-order valence-electron chi connectivity index (χ2n) is 3.94. The molecule has 0 aromatic heterocycles. The van der Waals surface area contributed by atoms with Crippen LogP contribution < -0.4 is 0 Å². The zero-order valence-corrected chi connectivity index (χ0v) is 11.7. The Bertz CT molecular complexity index is 477. The number of halogens is 1. The van der Waals surface area contributed by atoms with E-state index in [2.05, 4.69) is 22.6 Å². The van der Waals surface area contributed by atoms with Crippen molar-refractivity contribution in [3.8, 4) is 0 Å². The molecule has 0 aliphatic carbocycles. The Morgan fingerprint density at radius 2 is 2.22 bits per heavy atom. The molecule has 0 radical (unpaired) electrons. The van der Waals surface area contributed by atoms with Crippen LogP contribution in [0.15, 0.2) is 24.3 Å². The lowest BCUT2D eigenvalue weighted by atomic mass is 10.1. The molecule has 18 heavy (non-hydrogen) atoms. The molecular weight excluding hydrogens is 349 g/mol. The smallest absolute Gasteiger partial charge is 0.328 e. The van der Waals surface area contributed by atoms with Crippen molar-refractivity contribution in [2.45, 2.75) is 6.04 Å². The number of carbonyl (C=O) groups excluding carboxylic acids is 1. The summed E-state index contributed by atoms with van der Waals surface area (Å²) in [5, 5.41) is 9.08. The van der Waals surface area contributed by atoms with Crippen LogP contribution in [0.4, 0.5) is 0 Å². The number of aliphatic carboxylic acids is 1. The predicted octanol–water partition coefficient (Wildman–Crippen LogP) is 1.22. The molecule has 1 saturated heterocycles. The van der Waals surface area contributed by atoms with E-state index in [0.717, 1.165) is 3.57 Å². The third kappa shape index (κ3) is 2.81. The third-order valence-electron chi connectivity index (χ3n) is 2.75. The molecule has 0 bridgehead atoms. The van der Waals surface area contributed by atoms with E-state index in [-0.39, 0.29) is 12.5 Å². The first kappa shape index (κ1) is 13.3. The fourth-order valence-electron chi connectivity index (χ4n) is 1.84. The Labute approximate surface area is 118 Å². The summed E-state index contributed by atoms with van der Waals surface area (Å²) in [5.41, 5.74) is 0.509. The fourth-order valence-corrected chi connectivity index (χ4v) is 2.38. The Morgan fingerprint density at radius 1 is 1.44 bits per heavy atom. The van der Waals surface area contributed by atoms with Gasteiger partial charge in [0.15, 0.2) is 6.04 Å². The van der Waals surface area contributed by atoms with E-state index < -0.39 is 12.0 Å². The maximum Gasteiger partial charge on any atom is 0.328 e. The van der Waals surface area contributed by atoms with Gasteiger partial charge in [-0.1, -0.05) is 6.07 Å². The first-order valence-corrected chi connectivity index (χ1v) is 6.54. The van der Waals surface area contributed by atoms with Crippen molar-refractivity contribution in [2.75, 3.05) is 19.8 Å². The van der Waals surface area contributed by atoms with Crippen LogP contribution in [0.1, 0.15) is 10.4 Å². The molecule has 1 aromatic rings. The van der Waals surface area contributed by atoms with E-state index in [0.29, 0.717) is 18.7 Å². The van der Waals surface area contributed by atoms with Crippen molar-refractivity contribution in [3.05, 3.63) is 33.4 Å². The summed E-state index contributed by atoms with van der Waals surface area (Å²) >= 11 is 2.12. The summed E-state index contributed by atoms with van der Waals surface area (Å²) in [6.07, 6.45) is 0. The Kier molecular flexibility index (Phi) is 4.18. The van der Waals surface area contributed by atoms with Gasteiger partial charge in [-0.05, 0) is 40.8 Å². The molecule has 0 spiro atoms. The third-order valence-corrected chi connectivity index (χ3v) is 3.42. The molecule has 1 aliphatic heterocycles. The highest BCUT2D eigenvalue weighted by molar-refractivity contribution is 14.1. The van der Waals surface area contributed by atoms with Gasteiger partial charge in [0.05, 0.1) is 13.2 Å². The van der Waals surface area contributed by atoms with Gasteiger partial charge in [-0.3, -0.25) is 4.79 Å². The van der Waals surface area contributed by atoms with E-state index in [1.807, 2.05) is 6.07 Å². The second kappa shape index (κ2) is 5.66. The van der Waals surface area contributed by atoms with Crippen LogP contribution >= 0.6 is 22.6 Å². The summed E-state index contributed by atoms with van der Waals surface area (Å²) in [5.74, 6) is -1.29. The second-order valence-corrected chi connectivity index (χ2v) is 5.18. The average molecular weight is 361 g/mol. The van der Waals surface area contributed by atoms with Gasteiger partial charge in [0.1, 0.15) is 0 Å². The number of carboxylic acid groups (broad SMARTS) is 1. The molecule has 1 aromatic carbocycles. The van der Waals surface area contributed by atoms with Crippen LogP contribution in [0.3, 0.4) is 0 Å². The molecule has 1 heterocycles. The van der Waals surface area contributed by atoms with Crippen molar-refractivity contribution >= 4 is 34.5 Å². The SMILES string of the molecule is O=C(O)C1COCCN1C(=O)c1cccc(I)c1. The van der Waals surface area contributed by atoms with Gasteiger partial charge in [0.2, 0.25) is 0 Å². The molecule has 96 valence electrons. The zero-order chi connectivity index (χ0) is 13.1. The van der Waals surface area contributed by atoms with E-state index >= 15 is 0 Å². The predicted molar refractivity (Wildman–Crippen MR) is 72.4 cm³/mol. The monoisotopic (exact) mass is 361 g/mol. The van der Waals surface area contributed by atoms with E-state index in [9.17, 15) is 9.59 Å². The lowest BCUT2D eigenvalue weighted by Crippen LogP contribution is -2.52. The van der Waals surface area contributed by atoms with Crippen molar-refractivity contribution in [1.29, 1.82) is 0 Å². The largest absolute Gasteiger partial charge is 0.480 e. The van der Waals surface area contributed by atoms with Crippen molar-refractivity contribution in [1.82, 2.24) is 4.90 Å². The number of hydrogen-bond donors (Lipinski definition) is 1. The standard InChI is InChI=1S/C12H12INO4/c13-9-3-1-2-8(6-9)11(15)14-4-5-18-7-10(14)12(16)17/h1-3,6,10H,4-5,7H2,(H,16,17). The highest BCUT2D eigenvalue weighted by atomic mass is 127. The minimum atomic E-state index is -1.03. The molecule has 6 heteroatoms. The van der Waals surface area contributed by atoms with Crippen molar-refractivity contribution in [3.63, 3.8) is 0 Å². The summed E-state index contributed by atoms with van der Waals surface area (Å²) in [6.45, 7) is 0.728. The van der Waals surface area contributed by atoms with Crippen molar-refractivity contribution in [2.24, 2.45) is 0 Å². The maximum atomic E-state index is 12.3. The molecule has 1 amide bonds. The number of benzene rings is 1. The fraction of sp³-hybridized carbons (Fsp3) is 0.333. The van der Waals surface area contributed by atoms with Crippen LogP contribution in [-0.4, -0.2) is 47.7 Å². The number of carbonyl (C=O) groups is 2. The quantitative estimate of drug-likeness (QED) is 0.805. The van der Waals surface area contributed by atoms with E-state index in [4.69, 9.17) is 9.84 Å². The normalized spacial score (nSPS) is 19.6. The van der Waals surface area contributed by atoms with Gasteiger partial charge in [-0.2, -0.15) is 0 Å². The van der Waals surface area contributed by atoms with Crippen molar-refractivity contribution < 1.29 is 19.4 Å². The first-order chi connectivity index (χ1) is 8.59. The number of amides is 1. The van der Waals surface area contributed by atoms with Gasteiger partial charge in [-0.15, -0.1) is 0 Å². The molecular formula is C12H12INO4. The summed E-state index contributed by atoms with van der Waals surface area (Å²) < 4.78 is 6.05. The minimum Gasteiger partial charge on any atom is -0.480 e. The number of hydrogen-bond acceptors (Lipinski definition) is 3. The molecule has 1 atom stereocenters. The molecule has 5 nitrogen and oxygen atoms in total. The Morgan fingerprint density at radius 3 is 2.89 bits per heavy atom. The average Bonchev–Trinajstić information content (AvgIpc) is 2.38. The summed E-state index contributed by atoms with van der Waals surface area (Å²) in [7, 11) is 0. The Balaban J connectivity index is 2.23. The Hall–Kier alpha value is -1.15. The molecule has 1 aliphatic rings. The number of rotatable bonds is 2. The number of carboxylic acids is 1. The molecule has 1 unspecified atom stereocenters. The van der Waals surface area contributed by atoms with Crippen LogP contribution in [0, 0.1) is 3.57 Å². The minimum absolute atomic E-state index is 0.0466. The highest BCUT2D eigenvalue weighted by Gasteiger charge is 2.33. The first-order valence-electron chi connectivity index (χ1n) is 5.46. The lowest BCUT2D eigenvalue weighted by Gasteiger charge is -2.32. The molecule has 1 fully saturated rings. The zero-order valence-electron chi connectivity index (χ0n) is 9.51. The molecule has 1 N–H and O–H groups in total. The van der Waals surface area contributed by atoms with Gasteiger partial charge in [0, 0.05) is 15.7 Å². The lowest BCUT2D eigenvalue weighted by molar-refractivity contribution is -0.147. The van der Waals surface area contributed by atoms with E-state index in [1.54, 1.807) is 18.2 Å². The molecule has 0 saturated carbocycles. The van der Waals surface area contributed by atoms with Crippen LogP contribution in [0.5, 0.6) is 0 Å². The maximum absolute atomic E-state index is 12.3. The van der Waals surface area contributed by atoms with Crippen LogP contribution in [0.2, 0.25) is 0 Å². The van der Waals surface area contributed by atoms with Gasteiger partial charge < -0.3 is 14.7 Å². The van der Waals surface area contributed by atoms with Gasteiger partial charge in [-0.25, -0.2) is 4.79 Å². The van der Waals surface area contributed by atoms with Gasteiger partial charge >= 0.3 is 5.97 Å².